The van der Waals surface area contributed by atoms with Crippen molar-refractivity contribution in [2.45, 2.75) is 0 Å². The number of carbonyl (C=O) groups excluding carboxylic acids is 2. The highest BCUT2D eigenvalue weighted by molar-refractivity contribution is 6.25. The van der Waals surface area contributed by atoms with Crippen LogP contribution in [0.5, 0.6) is 0 Å². The van der Waals surface area contributed by atoms with Crippen LogP contribution in [0, 0.1) is 0 Å². The van der Waals surface area contributed by atoms with Gasteiger partial charge in [-0.25, -0.2) is 4.79 Å². The molecule has 5 heteroatoms. The molecule has 1 aromatic heterocycles. The number of carbonyl (C=O) groups is 2. The molecule has 112 valence electrons. The minimum atomic E-state index is -0.626. The van der Waals surface area contributed by atoms with Gasteiger partial charge in [0.05, 0.1) is 12.6 Å². The van der Waals surface area contributed by atoms with Gasteiger partial charge in [-0.15, -0.1) is 0 Å². The van der Waals surface area contributed by atoms with Crippen LogP contribution in [0.25, 0.3) is 22.0 Å². The van der Waals surface area contributed by atoms with E-state index in [0.29, 0.717) is 27.6 Å². The first-order chi connectivity index (χ1) is 11.1. The van der Waals surface area contributed by atoms with Crippen LogP contribution in [0.2, 0.25) is 0 Å². The summed E-state index contributed by atoms with van der Waals surface area (Å²) >= 11 is 0. The van der Waals surface area contributed by atoms with Gasteiger partial charge in [0.2, 0.25) is 0 Å². The van der Waals surface area contributed by atoms with Crippen molar-refractivity contribution in [1.82, 2.24) is 4.98 Å². The van der Waals surface area contributed by atoms with Crippen molar-refractivity contribution in [3.05, 3.63) is 69.5 Å². The quantitative estimate of drug-likeness (QED) is 0.548. The summed E-state index contributed by atoms with van der Waals surface area (Å²) < 4.78 is 4.67. The molecule has 0 spiro atoms. The Kier molecular flexibility index (Phi) is 2.72. The molecule has 3 aromatic rings. The summed E-state index contributed by atoms with van der Waals surface area (Å²) in [5.74, 6) is -0.707. The zero-order valence-electron chi connectivity index (χ0n) is 12.2. The van der Waals surface area contributed by atoms with Crippen molar-refractivity contribution in [2.24, 2.45) is 0 Å². The Morgan fingerprint density at radius 2 is 1.74 bits per heavy atom. The summed E-state index contributed by atoms with van der Waals surface area (Å²) in [7, 11) is 1.25. The minimum absolute atomic E-state index is 0.0650. The number of ether oxygens (including phenoxy) is 1. The van der Waals surface area contributed by atoms with Crippen molar-refractivity contribution in [3.63, 3.8) is 0 Å². The smallest absolute Gasteiger partial charge is 0.354 e. The van der Waals surface area contributed by atoms with Crippen molar-refractivity contribution in [1.29, 1.82) is 0 Å². The number of nitrogens with one attached hydrogen (secondary N) is 1. The number of aromatic amines is 1. The third-order valence-corrected chi connectivity index (χ3v) is 4.10. The van der Waals surface area contributed by atoms with Crippen LogP contribution >= 0.6 is 0 Å². The van der Waals surface area contributed by atoms with Gasteiger partial charge in [0.15, 0.2) is 11.2 Å². The molecule has 4 rings (SSSR count). The Morgan fingerprint density at radius 3 is 2.48 bits per heavy atom. The average molecular weight is 305 g/mol. The van der Waals surface area contributed by atoms with Crippen LogP contribution in [-0.2, 0) is 4.74 Å². The van der Waals surface area contributed by atoms with Gasteiger partial charge in [0.25, 0.3) is 0 Å². The molecule has 0 fully saturated rings. The third-order valence-electron chi connectivity index (χ3n) is 4.10. The number of hydrogen-bond donors (Lipinski definition) is 1. The van der Waals surface area contributed by atoms with E-state index in [1.807, 2.05) is 12.1 Å². The SMILES string of the molecule is COC(=O)c1cc(=O)c2ccc3c(c2[nH]1)-c1ccccc1C3=O. The number of ketones is 1. The van der Waals surface area contributed by atoms with Crippen LogP contribution in [0.15, 0.2) is 47.3 Å². The molecule has 2 aromatic carbocycles. The number of aromatic nitrogens is 1. The van der Waals surface area contributed by atoms with Crippen LogP contribution in [0.3, 0.4) is 0 Å². The molecule has 1 aliphatic rings. The lowest BCUT2D eigenvalue weighted by molar-refractivity contribution is 0.0594. The highest BCUT2D eigenvalue weighted by atomic mass is 16.5. The summed E-state index contributed by atoms with van der Waals surface area (Å²) in [5, 5.41) is 0.431. The largest absolute Gasteiger partial charge is 0.464 e. The van der Waals surface area contributed by atoms with E-state index in [4.69, 9.17) is 0 Å². The predicted molar refractivity (Wildman–Crippen MR) is 84.8 cm³/mol. The van der Waals surface area contributed by atoms with E-state index in [1.165, 1.54) is 13.2 Å². The Labute approximate surface area is 130 Å². The highest BCUT2D eigenvalue weighted by Gasteiger charge is 2.29. The Bertz CT molecular complexity index is 1060. The molecular formula is C18H11NO4. The molecule has 1 aliphatic carbocycles. The maximum absolute atomic E-state index is 12.5. The number of benzene rings is 2. The third kappa shape index (κ3) is 1.76. The van der Waals surface area contributed by atoms with E-state index in [-0.39, 0.29) is 16.9 Å². The van der Waals surface area contributed by atoms with E-state index < -0.39 is 5.97 Å². The summed E-state index contributed by atoms with van der Waals surface area (Å²) in [5.41, 5.74) is 2.79. The second-order valence-corrected chi connectivity index (χ2v) is 5.32. The first-order valence-electron chi connectivity index (χ1n) is 7.04. The van der Waals surface area contributed by atoms with Gasteiger partial charge in [-0.2, -0.15) is 0 Å². The predicted octanol–water partition coefficient (Wildman–Crippen LogP) is 2.53. The number of rotatable bonds is 1. The number of pyridine rings is 1. The summed E-state index contributed by atoms with van der Waals surface area (Å²) in [4.78, 5) is 39.5. The number of esters is 1. The van der Waals surface area contributed by atoms with Crippen LogP contribution in [-0.4, -0.2) is 23.8 Å². The fourth-order valence-corrected chi connectivity index (χ4v) is 3.05. The molecule has 0 bridgehead atoms. The fourth-order valence-electron chi connectivity index (χ4n) is 3.05. The number of methoxy groups -OCH3 is 1. The van der Waals surface area contributed by atoms with Crippen molar-refractivity contribution < 1.29 is 14.3 Å². The van der Waals surface area contributed by atoms with E-state index in [2.05, 4.69) is 9.72 Å². The van der Waals surface area contributed by atoms with Gasteiger partial charge in [-0.05, 0) is 17.7 Å². The maximum Gasteiger partial charge on any atom is 0.354 e. The molecule has 5 nitrogen and oxygen atoms in total. The number of hydrogen-bond acceptors (Lipinski definition) is 4. The van der Waals surface area contributed by atoms with E-state index in [9.17, 15) is 14.4 Å². The lowest BCUT2D eigenvalue weighted by atomic mass is 10.0. The normalized spacial score (nSPS) is 12.1. The monoisotopic (exact) mass is 305 g/mol. The molecule has 0 radical (unpaired) electrons. The molecule has 0 amide bonds. The zero-order chi connectivity index (χ0) is 16.1. The maximum atomic E-state index is 12.5. The van der Waals surface area contributed by atoms with E-state index >= 15 is 0 Å². The van der Waals surface area contributed by atoms with Gasteiger partial charge in [-0.3, -0.25) is 9.59 Å². The molecule has 1 N–H and O–H groups in total. The Balaban J connectivity index is 2.15. The standard InChI is InChI=1S/C18H11NO4/c1-23-18(22)13-8-14(20)11-6-7-12-15(16(11)19-13)9-4-2-3-5-10(9)17(12)21/h2-8H,1H3,(H,19,20). The van der Waals surface area contributed by atoms with Crippen molar-refractivity contribution in [3.8, 4) is 11.1 Å². The van der Waals surface area contributed by atoms with Gasteiger partial charge in [0.1, 0.15) is 5.69 Å². The summed E-state index contributed by atoms with van der Waals surface area (Å²) in [6, 6.07) is 11.7. The van der Waals surface area contributed by atoms with Gasteiger partial charge < -0.3 is 9.72 Å². The lowest BCUT2D eigenvalue weighted by Gasteiger charge is -2.08. The van der Waals surface area contributed by atoms with E-state index in [1.54, 1.807) is 24.3 Å². The van der Waals surface area contributed by atoms with Gasteiger partial charge >= 0.3 is 5.97 Å². The number of fused-ring (bicyclic) bond motifs is 5. The van der Waals surface area contributed by atoms with Crippen LogP contribution in [0.4, 0.5) is 0 Å². The van der Waals surface area contributed by atoms with E-state index in [0.717, 1.165) is 5.56 Å². The van der Waals surface area contributed by atoms with Gasteiger partial charge in [0, 0.05) is 28.1 Å². The fraction of sp³-hybridized carbons (Fsp3) is 0.0556. The minimum Gasteiger partial charge on any atom is -0.464 e. The zero-order valence-corrected chi connectivity index (χ0v) is 12.2. The average Bonchev–Trinajstić information content (AvgIpc) is 2.87. The molecule has 1 heterocycles. The molecule has 0 aliphatic heterocycles. The first kappa shape index (κ1) is 13.5. The van der Waals surface area contributed by atoms with Crippen molar-refractivity contribution >= 4 is 22.7 Å². The first-order valence-corrected chi connectivity index (χ1v) is 7.04. The molecule has 0 saturated carbocycles. The molecule has 0 saturated heterocycles. The Morgan fingerprint density at radius 1 is 1.00 bits per heavy atom. The van der Waals surface area contributed by atoms with Gasteiger partial charge in [-0.1, -0.05) is 24.3 Å². The highest BCUT2D eigenvalue weighted by Crippen LogP contribution is 2.39. The topological polar surface area (TPSA) is 76.2 Å². The summed E-state index contributed by atoms with van der Waals surface area (Å²) in [6.45, 7) is 0. The summed E-state index contributed by atoms with van der Waals surface area (Å²) in [6.07, 6.45) is 0. The van der Waals surface area contributed by atoms with Crippen molar-refractivity contribution in [2.75, 3.05) is 7.11 Å². The Hall–Kier alpha value is -3.21. The molecule has 0 atom stereocenters. The second-order valence-electron chi connectivity index (χ2n) is 5.32. The van der Waals surface area contributed by atoms with Crippen LogP contribution < -0.4 is 5.43 Å². The molecular weight excluding hydrogens is 294 g/mol. The van der Waals surface area contributed by atoms with Crippen LogP contribution in [0.1, 0.15) is 26.4 Å². The second kappa shape index (κ2) is 4.64. The molecule has 23 heavy (non-hydrogen) atoms. The lowest BCUT2D eigenvalue weighted by Crippen LogP contribution is -2.12. The number of H-pyrrole nitrogens is 1. The molecule has 0 unspecified atom stereocenters.